The number of halogens is 1. The summed E-state index contributed by atoms with van der Waals surface area (Å²) in [6, 6.07) is 18.3. The summed E-state index contributed by atoms with van der Waals surface area (Å²) < 4.78 is 6.78. The fraction of sp³-hybridized carbons (Fsp3) is 0.333. The SMILES string of the molecule is COc1cccc(C(C)N2CCN(c3cnn(Cc4ccccc4)c(=O)c3Cl)CC2)c1. The number of benzene rings is 2. The minimum atomic E-state index is -0.254. The summed E-state index contributed by atoms with van der Waals surface area (Å²) in [6.07, 6.45) is 1.72. The van der Waals surface area contributed by atoms with Crippen molar-refractivity contribution in [2.45, 2.75) is 19.5 Å². The number of ether oxygens (including phenoxy) is 1. The van der Waals surface area contributed by atoms with Crippen LogP contribution in [0.2, 0.25) is 5.02 Å². The number of methoxy groups -OCH3 is 1. The van der Waals surface area contributed by atoms with E-state index in [0.29, 0.717) is 12.2 Å². The van der Waals surface area contributed by atoms with E-state index >= 15 is 0 Å². The predicted molar refractivity (Wildman–Crippen MR) is 124 cm³/mol. The molecule has 0 amide bonds. The van der Waals surface area contributed by atoms with Gasteiger partial charge in [0.05, 0.1) is 25.5 Å². The summed E-state index contributed by atoms with van der Waals surface area (Å²) in [5, 5.41) is 4.62. The van der Waals surface area contributed by atoms with Gasteiger partial charge in [-0.15, -0.1) is 0 Å². The molecule has 0 bridgehead atoms. The van der Waals surface area contributed by atoms with E-state index in [1.54, 1.807) is 13.3 Å². The third-order valence-corrected chi connectivity index (χ3v) is 6.28. The topological polar surface area (TPSA) is 50.6 Å². The molecule has 0 radical (unpaired) electrons. The lowest BCUT2D eigenvalue weighted by atomic mass is 10.1. The zero-order valence-corrected chi connectivity index (χ0v) is 18.6. The summed E-state index contributed by atoms with van der Waals surface area (Å²) in [7, 11) is 1.69. The monoisotopic (exact) mass is 438 g/mol. The first kappa shape index (κ1) is 21.4. The third kappa shape index (κ3) is 4.75. The van der Waals surface area contributed by atoms with Gasteiger partial charge in [-0.3, -0.25) is 9.69 Å². The van der Waals surface area contributed by atoms with Crippen LogP contribution in [-0.4, -0.2) is 48.0 Å². The Morgan fingerprint density at radius 3 is 2.52 bits per heavy atom. The van der Waals surface area contributed by atoms with Crippen molar-refractivity contribution < 1.29 is 4.74 Å². The van der Waals surface area contributed by atoms with Gasteiger partial charge in [0.25, 0.3) is 5.56 Å². The van der Waals surface area contributed by atoms with Crippen molar-refractivity contribution in [2.24, 2.45) is 0 Å². The Kier molecular flexibility index (Phi) is 6.59. The number of hydrogen-bond acceptors (Lipinski definition) is 5. The normalized spacial score (nSPS) is 15.6. The smallest absolute Gasteiger partial charge is 0.287 e. The molecule has 3 aromatic rings. The number of rotatable bonds is 6. The van der Waals surface area contributed by atoms with Crippen molar-refractivity contribution in [3.8, 4) is 5.75 Å². The molecule has 1 unspecified atom stereocenters. The van der Waals surface area contributed by atoms with Gasteiger partial charge in [-0.05, 0) is 30.2 Å². The quantitative estimate of drug-likeness (QED) is 0.585. The Balaban J connectivity index is 1.43. The van der Waals surface area contributed by atoms with Crippen molar-refractivity contribution in [1.82, 2.24) is 14.7 Å². The second kappa shape index (κ2) is 9.54. The van der Waals surface area contributed by atoms with Crippen LogP contribution < -0.4 is 15.2 Å². The molecule has 2 heterocycles. The van der Waals surface area contributed by atoms with Crippen LogP contribution in [0.25, 0.3) is 0 Å². The first-order valence-corrected chi connectivity index (χ1v) is 10.9. The first-order valence-electron chi connectivity index (χ1n) is 10.5. The second-order valence-corrected chi connectivity index (χ2v) is 8.15. The van der Waals surface area contributed by atoms with Gasteiger partial charge in [0, 0.05) is 32.2 Å². The summed E-state index contributed by atoms with van der Waals surface area (Å²) in [4.78, 5) is 17.4. The molecule has 31 heavy (non-hydrogen) atoms. The molecule has 0 aliphatic carbocycles. The number of aromatic nitrogens is 2. The molecule has 0 N–H and O–H groups in total. The van der Waals surface area contributed by atoms with Gasteiger partial charge < -0.3 is 9.64 Å². The van der Waals surface area contributed by atoms with Gasteiger partial charge in [0.1, 0.15) is 10.8 Å². The van der Waals surface area contributed by atoms with Crippen LogP contribution >= 0.6 is 11.6 Å². The van der Waals surface area contributed by atoms with Gasteiger partial charge in [-0.25, -0.2) is 4.68 Å². The predicted octanol–water partition coefficient (Wildman–Crippen LogP) is 3.84. The molecule has 1 aliphatic rings. The maximum atomic E-state index is 12.8. The molecule has 1 aromatic heterocycles. The molecule has 1 aliphatic heterocycles. The molecule has 7 heteroatoms. The lowest BCUT2D eigenvalue weighted by Crippen LogP contribution is -2.47. The van der Waals surface area contributed by atoms with Gasteiger partial charge in [0.15, 0.2) is 0 Å². The lowest BCUT2D eigenvalue weighted by molar-refractivity contribution is 0.198. The van der Waals surface area contributed by atoms with E-state index in [0.717, 1.165) is 37.5 Å². The van der Waals surface area contributed by atoms with Crippen molar-refractivity contribution in [3.63, 3.8) is 0 Å². The van der Waals surface area contributed by atoms with Crippen LogP contribution in [0, 0.1) is 0 Å². The highest BCUT2D eigenvalue weighted by molar-refractivity contribution is 6.33. The molecule has 4 rings (SSSR count). The zero-order chi connectivity index (χ0) is 21.8. The summed E-state index contributed by atoms with van der Waals surface area (Å²) >= 11 is 6.48. The number of piperazine rings is 1. The highest BCUT2D eigenvalue weighted by Gasteiger charge is 2.25. The minimum Gasteiger partial charge on any atom is -0.497 e. The Morgan fingerprint density at radius 1 is 1.06 bits per heavy atom. The maximum absolute atomic E-state index is 12.8. The highest BCUT2D eigenvalue weighted by atomic mass is 35.5. The number of anilines is 1. The largest absolute Gasteiger partial charge is 0.497 e. The molecule has 0 saturated carbocycles. The van der Waals surface area contributed by atoms with E-state index in [1.807, 2.05) is 42.5 Å². The van der Waals surface area contributed by atoms with E-state index in [1.165, 1.54) is 10.2 Å². The third-order valence-electron chi connectivity index (χ3n) is 5.92. The molecule has 1 saturated heterocycles. The number of nitrogens with zero attached hydrogens (tertiary/aromatic N) is 4. The zero-order valence-electron chi connectivity index (χ0n) is 17.9. The highest BCUT2D eigenvalue weighted by Crippen LogP contribution is 2.27. The maximum Gasteiger partial charge on any atom is 0.287 e. The second-order valence-electron chi connectivity index (χ2n) is 7.77. The van der Waals surface area contributed by atoms with Crippen molar-refractivity contribution in [1.29, 1.82) is 0 Å². The van der Waals surface area contributed by atoms with Crippen LogP contribution in [0.4, 0.5) is 5.69 Å². The fourth-order valence-corrected chi connectivity index (χ4v) is 4.27. The fourth-order valence-electron chi connectivity index (χ4n) is 4.01. The average molecular weight is 439 g/mol. The van der Waals surface area contributed by atoms with Gasteiger partial charge in [0.2, 0.25) is 0 Å². The molecule has 162 valence electrons. The van der Waals surface area contributed by atoms with E-state index < -0.39 is 0 Å². The molecular weight excluding hydrogens is 412 g/mol. The number of hydrogen-bond donors (Lipinski definition) is 0. The van der Waals surface area contributed by atoms with E-state index in [2.05, 4.69) is 34.0 Å². The molecular formula is C24H27ClN4O2. The van der Waals surface area contributed by atoms with Crippen LogP contribution in [0.1, 0.15) is 24.1 Å². The van der Waals surface area contributed by atoms with Crippen molar-refractivity contribution >= 4 is 17.3 Å². The van der Waals surface area contributed by atoms with Crippen LogP contribution in [0.3, 0.4) is 0 Å². The lowest BCUT2D eigenvalue weighted by Gasteiger charge is -2.39. The minimum absolute atomic E-state index is 0.236. The Morgan fingerprint density at radius 2 is 1.81 bits per heavy atom. The van der Waals surface area contributed by atoms with Gasteiger partial charge in [-0.1, -0.05) is 54.1 Å². The summed E-state index contributed by atoms with van der Waals surface area (Å²) in [6.45, 7) is 5.95. The molecule has 1 atom stereocenters. The van der Waals surface area contributed by atoms with Crippen LogP contribution in [0.15, 0.2) is 65.6 Å². The average Bonchev–Trinajstić information content (AvgIpc) is 2.82. The van der Waals surface area contributed by atoms with Crippen LogP contribution in [0.5, 0.6) is 5.75 Å². The summed E-state index contributed by atoms with van der Waals surface area (Å²) in [5.41, 5.74) is 2.71. The Labute approximate surface area is 187 Å². The standard InChI is InChI=1S/C24H27ClN4O2/c1-18(20-9-6-10-21(15-20)31-2)27-11-13-28(14-12-27)22-16-26-29(24(30)23(22)25)17-19-7-4-3-5-8-19/h3-10,15-16,18H,11-14,17H2,1-2H3. The van der Waals surface area contributed by atoms with Crippen molar-refractivity contribution in [2.75, 3.05) is 38.2 Å². The first-order chi connectivity index (χ1) is 15.1. The van der Waals surface area contributed by atoms with Gasteiger partial charge >= 0.3 is 0 Å². The molecule has 6 nitrogen and oxygen atoms in total. The molecule has 0 spiro atoms. The Hall–Kier alpha value is -2.83. The molecule has 1 fully saturated rings. The molecule has 2 aromatic carbocycles. The summed E-state index contributed by atoms with van der Waals surface area (Å²) in [5.74, 6) is 0.872. The van der Waals surface area contributed by atoms with Gasteiger partial charge in [-0.2, -0.15) is 5.10 Å². The van der Waals surface area contributed by atoms with E-state index in [9.17, 15) is 4.79 Å². The Bertz CT molecular complexity index is 1080. The van der Waals surface area contributed by atoms with Crippen molar-refractivity contribution in [3.05, 3.63) is 87.3 Å². The van der Waals surface area contributed by atoms with E-state index in [-0.39, 0.29) is 16.6 Å². The van der Waals surface area contributed by atoms with Crippen LogP contribution in [-0.2, 0) is 6.54 Å². The van der Waals surface area contributed by atoms with E-state index in [4.69, 9.17) is 16.3 Å².